The molecule has 8 heteroatoms. The topological polar surface area (TPSA) is 123 Å². The minimum atomic E-state index is -1.00. The van der Waals surface area contributed by atoms with E-state index < -0.39 is 12.0 Å². The van der Waals surface area contributed by atoms with E-state index in [0.717, 1.165) is 18.4 Å². The number of nitrogens with one attached hydrogen (secondary N) is 1. The van der Waals surface area contributed by atoms with Gasteiger partial charge in [-0.25, -0.2) is 0 Å². The summed E-state index contributed by atoms with van der Waals surface area (Å²) in [5.74, 6) is 5.00. The van der Waals surface area contributed by atoms with Crippen molar-refractivity contribution >= 4 is 18.1 Å². The summed E-state index contributed by atoms with van der Waals surface area (Å²) in [6, 6.07) is 12.3. The maximum atomic E-state index is 12.5. The monoisotopic (exact) mass is 427 g/mol. The molecule has 1 unspecified atom stereocenters. The highest BCUT2D eigenvalue weighted by Crippen LogP contribution is 2.28. The Morgan fingerprint density at radius 3 is 2.29 bits per heavy atom. The largest absolute Gasteiger partial charge is 0.497 e. The molecule has 0 heterocycles. The number of ether oxygens (including phenoxy) is 2. The molecule has 4 N–H and O–H groups in total. The highest BCUT2D eigenvalue weighted by molar-refractivity contribution is 5.79. The molecule has 0 bridgehead atoms. The molecule has 8 nitrogen and oxygen atoms in total. The van der Waals surface area contributed by atoms with Crippen LogP contribution in [-0.2, 0) is 16.0 Å². The lowest BCUT2D eigenvalue weighted by molar-refractivity contribution is -0.137. The molecule has 0 spiro atoms. The SMILES string of the molecule is COc1cc(OC)cc(C(CC(=O)O)NC(=O)CCCCc2ccc(C=NN)cc2)c1. The molecule has 0 radical (unpaired) electrons. The average molecular weight is 428 g/mol. The minimum Gasteiger partial charge on any atom is -0.497 e. The van der Waals surface area contributed by atoms with E-state index in [1.807, 2.05) is 24.3 Å². The lowest BCUT2D eigenvalue weighted by atomic mass is 10.0. The van der Waals surface area contributed by atoms with Gasteiger partial charge in [0.15, 0.2) is 0 Å². The van der Waals surface area contributed by atoms with Gasteiger partial charge in [0.25, 0.3) is 0 Å². The lowest BCUT2D eigenvalue weighted by Crippen LogP contribution is -2.30. The number of hydrogen-bond acceptors (Lipinski definition) is 6. The summed E-state index contributed by atoms with van der Waals surface area (Å²) < 4.78 is 10.5. The fraction of sp³-hybridized carbons (Fsp3) is 0.348. The van der Waals surface area contributed by atoms with Crippen LogP contribution in [0.25, 0.3) is 0 Å². The van der Waals surface area contributed by atoms with Crippen LogP contribution >= 0.6 is 0 Å². The van der Waals surface area contributed by atoms with Crippen molar-refractivity contribution in [1.29, 1.82) is 0 Å². The van der Waals surface area contributed by atoms with Gasteiger partial charge in [-0.05, 0) is 48.1 Å². The quantitative estimate of drug-likeness (QED) is 0.207. The number of carbonyl (C=O) groups is 2. The lowest BCUT2D eigenvalue weighted by Gasteiger charge is -2.19. The molecule has 31 heavy (non-hydrogen) atoms. The number of carboxylic acid groups (broad SMARTS) is 1. The molecule has 0 saturated heterocycles. The Kier molecular flexibility index (Phi) is 9.35. The van der Waals surface area contributed by atoms with Crippen molar-refractivity contribution in [3.8, 4) is 11.5 Å². The van der Waals surface area contributed by atoms with Gasteiger partial charge in [0.05, 0.1) is 32.9 Å². The van der Waals surface area contributed by atoms with Crippen molar-refractivity contribution in [2.24, 2.45) is 10.9 Å². The number of methoxy groups -OCH3 is 2. The molecule has 0 aliphatic carbocycles. The summed E-state index contributed by atoms with van der Waals surface area (Å²) in [6.07, 6.45) is 4.04. The number of benzene rings is 2. The zero-order valence-electron chi connectivity index (χ0n) is 17.8. The Bertz CT molecular complexity index is 874. The molecule has 0 saturated carbocycles. The first kappa shape index (κ1) is 23.7. The van der Waals surface area contributed by atoms with Gasteiger partial charge >= 0.3 is 5.97 Å². The molecule has 2 aromatic carbocycles. The van der Waals surface area contributed by atoms with Crippen molar-refractivity contribution in [1.82, 2.24) is 5.32 Å². The Balaban J connectivity index is 1.91. The van der Waals surface area contributed by atoms with E-state index in [4.69, 9.17) is 15.3 Å². The van der Waals surface area contributed by atoms with E-state index in [2.05, 4.69) is 10.4 Å². The fourth-order valence-electron chi connectivity index (χ4n) is 3.20. The van der Waals surface area contributed by atoms with Crippen LogP contribution in [0.1, 0.15) is 48.4 Å². The van der Waals surface area contributed by atoms with Crippen molar-refractivity contribution in [2.45, 2.75) is 38.1 Å². The number of carbonyl (C=O) groups excluding carboxylic acids is 1. The molecule has 0 aliphatic rings. The van der Waals surface area contributed by atoms with Crippen LogP contribution < -0.4 is 20.6 Å². The zero-order valence-corrected chi connectivity index (χ0v) is 17.8. The van der Waals surface area contributed by atoms with Crippen LogP contribution in [-0.4, -0.2) is 37.4 Å². The highest BCUT2D eigenvalue weighted by Gasteiger charge is 2.19. The molecular weight excluding hydrogens is 398 g/mol. The van der Waals surface area contributed by atoms with Crippen LogP contribution in [0.15, 0.2) is 47.6 Å². The van der Waals surface area contributed by atoms with Gasteiger partial charge in [-0.2, -0.15) is 5.10 Å². The Morgan fingerprint density at radius 2 is 1.74 bits per heavy atom. The standard InChI is InChI=1S/C23H29N3O5/c1-30-19-11-18(12-20(13-19)31-2)21(14-23(28)29)26-22(27)6-4-3-5-16-7-9-17(10-8-16)15-25-24/h7-13,15,21H,3-6,14,24H2,1-2H3,(H,26,27)(H,28,29). The second-order valence-electron chi connectivity index (χ2n) is 7.09. The predicted octanol–water partition coefficient (Wildman–Crippen LogP) is 3.04. The fourth-order valence-corrected chi connectivity index (χ4v) is 3.20. The predicted molar refractivity (Wildman–Crippen MR) is 118 cm³/mol. The second-order valence-corrected chi connectivity index (χ2v) is 7.09. The molecule has 0 aromatic heterocycles. The van der Waals surface area contributed by atoms with E-state index in [-0.39, 0.29) is 12.3 Å². The average Bonchev–Trinajstić information content (AvgIpc) is 2.76. The van der Waals surface area contributed by atoms with Crippen molar-refractivity contribution < 1.29 is 24.2 Å². The Hall–Kier alpha value is -3.55. The number of amides is 1. The summed E-state index contributed by atoms with van der Waals surface area (Å²) in [7, 11) is 3.03. The van der Waals surface area contributed by atoms with Crippen molar-refractivity contribution in [3.63, 3.8) is 0 Å². The number of nitrogens with zero attached hydrogens (tertiary/aromatic N) is 1. The summed E-state index contributed by atoms with van der Waals surface area (Å²) in [4.78, 5) is 23.8. The van der Waals surface area contributed by atoms with Crippen LogP contribution in [0.4, 0.5) is 0 Å². The minimum absolute atomic E-state index is 0.192. The second kappa shape index (κ2) is 12.2. The number of aliphatic carboxylic acids is 1. The van der Waals surface area contributed by atoms with E-state index in [1.54, 1.807) is 24.4 Å². The first-order valence-electron chi connectivity index (χ1n) is 10.0. The normalized spacial score (nSPS) is 11.8. The van der Waals surface area contributed by atoms with Crippen LogP contribution in [0.3, 0.4) is 0 Å². The Labute approximate surface area is 182 Å². The molecule has 166 valence electrons. The smallest absolute Gasteiger partial charge is 0.305 e. The van der Waals surface area contributed by atoms with E-state index in [0.29, 0.717) is 29.9 Å². The first-order chi connectivity index (χ1) is 14.9. The van der Waals surface area contributed by atoms with Gasteiger partial charge in [-0.15, -0.1) is 0 Å². The number of hydrazone groups is 1. The van der Waals surface area contributed by atoms with Crippen LogP contribution in [0, 0.1) is 0 Å². The number of carboxylic acids is 1. The van der Waals surface area contributed by atoms with Gasteiger partial charge in [0.1, 0.15) is 11.5 Å². The highest BCUT2D eigenvalue weighted by atomic mass is 16.5. The third-order valence-electron chi connectivity index (χ3n) is 4.81. The number of hydrogen-bond donors (Lipinski definition) is 3. The molecule has 1 amide bonds. The zero-order chi connectivity index (χ0) is 22.6. The maximum absolute atomic E-state index is 12.5. The van der Waals surface area contributed by atoms with Gasteiger partial charge in [-0.1, -0.05) is 24.3 Å². The number of nitrogens with two attached hydrogens (primary N) is 1. The summed E-state index contributed by atoms with van der Waals surface area (Å²) in [5, 5.41) is 15.6. The van der Waals surface area contributed by atoms with E-state index in [1.165, 1.54) is 19.8 Å². The van der Waals surface area contributed by atoms with E-state index >= 15 is 0 Å². The molecule has 2 aromatic rings. The van der Waals surface area contributed by atoms with Crippen LogP contribution in [0.2, 0.25) is 0 Å². The molecule has 0 fully saturated rings. The third-order valence-corrected chi connectivity index (χ3v) is 4.81. The molecule has 1 atom stereocenters. The maximum Gasteiger partial charge on any atom is 0.305 e. The van der Waals surface area contributed by atoms with Gasteiger partial charge in [0, 0.05) is 12.5 Å². The van der Waals surface area contributed by atoms with Gasteiger partial charge < -0.3 is 25.7 Å². The molecule has 2 rings (SSSR count). The first-order valence-corrected chi connectivity index (χ1v) is 10.0. The van der Waals surface area contributed by atoms with Crippen LogP contribution in [0.5, 0.6) is 11.5 Å². The van der Waals surface area contributed by atoms with Crippen molar-refractivity contribution in [3.05, 3.63) is 59.2 Å². The number of unbranched alkanes of at least 4 members (excludes halogenated alkanes) is 1. The molecule has 0 aliphatic heterocycles. The van der Waals surface area contributed by atoms with Gasteiger partial charge in [0.2, 0.25) is 5.91 Å². The summed E-state index contributed by atoms with van der Waals surface area (Å²) >= 11 is 0. The van der Waals surface area contributed by atoms with Gasteiger partial charge in [-0.3, -0.25) is 9.59 Å². The molecular formula is C23H29N3O5. The number of rotatable bonds is 12. The summed E-state index contributed by atoms with van der Waals surface area (Å²) in [6.45, 7) is 0. The summed E-state index contributed by atoms with van der Waals surface area (Å²) in [5.41, 5.74) is 2.72. The Morgan fingerprint density at radius 1 is 1.10 bits per heavy atom. The third kappa shape index (κ3) is 8.00. The number of aryl methyl sites for hydroxylation is 1. The van der Waals surface area contributed by atoms with E-state index in [9.17, 15) is 14.7 Å². The van der Waals surface area contributed by atoms with Crippen molar-refractivity contribution in [2.75, 3.05) is 14.2 Å².